The molecule has 0 saturated heterocycles. The van der Waals surface area contributed by atoms with Gasteiger partial charge in [0, 0.05) is 11.5 Å². The van der Waals surface area contributed by atoms with E-state index in [4.69, 9.17) is 5.53 Å². The molecule has 3 nitrogen and oxygen atoms in total. The monoisotopic (exact) mass is 237 g/mol. The smallest absolute Gasteiger partial charge is 0.0286 e. The second-order valence-corrected chi connectivity index (χ2v) is 5.39. The number of azide groups is 1. The lowest BCUT2D eigenvalue weighted by Crippen LogP contribution is -2.04. The molecule has 0 aromatic heterocycles. The Kier molecular flexibility index (Phi) is 8.85. The Hall–Kier alpha value is -0.690. The lowest BCUT2D eigenvalue weighted by molar-refractivity contribution is 0.416. The first-order valence-corrected chi connectivity index (χ1v) is 7.44. The third kappa shape index (κ3) is 8.09. The lowest BCUT2D eigenvalue weighted by Gasteiger charge is -2.13. The maximum atomic E-state index is 8.40. The van der Waals surface area contributed by atoms with Crippen molar-refractivity contribution in [3.8, 4) is 0 Å². The highest BCUT2D eigenvalue weighted by Crippen LogP contribution is 2.21. The molecule has 3 heteroatoms. The van der Waals surface area contributed by atoms with Crippen LogP contribution in [0.3, 0.4) is 0 Å². The van der Waals surface area contributed by atoms with E-state index in [0.29, 0.717) is 5.92 Å². The van der Waals surface area contributed by atoms with Crippen molar-refractivity contribution < 1.29 is 0 Å². The van der Waals surface area contributed by atoms with E-state index in [0.717, 1.165) is 6.54 Å². The molecular weight excluding hydrogens is 210 g/mol. The SMILES string of the molecule is [N-]=[N+]=NCC1CCCCCCCCCCCC1. The normalized spacial score (nSPS) is 21.6. The molecule has 1 fully saturated rings. The number of hydrogen-bond acceptors (Lipinski definition) is 1. The van der Waals surface area contributed by atoms with Gasteiger partial charge < -0.3 is 0 Å². The summed E-state index contributed by atoms with van der Waals surface area (Å²) in [4.78, 5) is 2.90. The summed E-state index contributed by atoms with van der Waals surface area (Å²) in [5.41, 5.74) is 8.40. The molecule has 0 heterocycles. The Labute approximate surface area is 106 Å². The van der Waals surface area contributed by atoms with Gasteiger partial charge in [-0.15, -0.1) is 0 Å². The van der Waals surface area contributed by atoms with Crippen molar-refractivity contribution in [2.24, 2.45) is 11.0 Å². The van der Waals surface area contributed by atoms with Crippen LogP contribution in [0.1, 0.15) is 77.0 Å². The minimum Gasteiger partial charge on any atom is -0.0937 e. The van der Waals surface area contributed by atoms with Crippen molar-refractivity contribution in [3.05, 3.63) is 10.4 Å². The summed E-state index contributed by atoms with van der Waals surface area (Å²) in [7, 11) is 0. The van der Waals surface area contributed by atoms with Crippen LogP contribution in [0.5, 0.6) is 0 Å². The molecule has 1 aliphatic carbocycles. The van der Waals surface area contributed by atoms with Crippen LogP contribution in [0.25, 0.3) is 10.4 Å². The maximum Gasteiger partial charge on any atom is 0.0286 e. The van der Waals surface area contributed by atoms with Crippen LogP contribution in [-0.4, -0.2) is 6.54 Å². The van der Waals surface area contributed by atoms with E-state index in [1.165, 1.54) is 77.0 Å². The van der Waals surface area contributed by atoms with E-state index in [1.54, 1.807) is 0 Å². The zero-order valence-corrected chi connectivity index (χ0v) is 11.1. The Morgan fingerprint density at radius 3 is 1.59 bits per heavy atom. The van der Waals surface area contributed by atoms with Gasteiger partial charge in [-0.25, -0.2) is 0 Å². The fraction of sp³-hybridized carbons (Fsp3) is 1.00. The quantitative estimate of drug-likeness (QED) is 0.340. The molecular formula is C14H27N3. The Morgan fingerprint density at radius 1 is 0.765 bits per heavy atom. The summed E-state index contributed by atoms with van der Waals surface area (Å²) < 4.78 is 0. The molecule has 0 unspecified atom stereocenters. The van der Waals surface area contributed by atoms with E-state index < -0.39 is 0 Å². The molecule has 0 amide bonds. The minimum absolute atomic E-state index is 0.645. The van der Waals surface area contributed by atoms with Crippen LogP contribution >= 0.6 is 0 Å². The Balaban J connectivity index is 2.27. The van der Waals surface area contributed by atoms with Gasteiger partial charge in [0.05, 0.1) is 0 Å². The first-order chi connectivity index (χ1) is 8.43. The fourth-order valence-corrected chi connectivity index (χ4v) is 2.76. The largest absolute Gasteiger partial charge is 0.0937 e. The average Bonchev–Trinajstić information content (AvgIpc) is 2.37. The van der Waals surface area contributed by atoms with E-state index in [2.05, 4.69) is 10.0 Å². The molecule has 98 valence electrons. The average molecular weight is 237 g/mol. The van der Waals surface area contributed by atoms with Gasteiger partial charge in [0.2, 0.25) is 0 Å². The molecule has 1 aliphatic rings. The maximum absolute atomic E-state index is 8.40. The summed E-state index contributed by atoms with van der Waals surface area (Å²) in [5, 5.41) is 3.76. The van der Waals surface area contributed by atoms with Gasteiger partial charge in [0.1, 0.15) is 0 Å². The summed E-state index contributed by atoms with van der Waals surface area (Å²) in [6.45, 7) is 0.719. The molecule has 0 bridgehead atoms. The van der Waals surface area contributed by atoms with E-state index >= 15 is 0 Å². The van der Waals surface area contributed by atoms with Crippen LogP contribution in [-0.2, 0) is 0 Å². The van der Waals surface area contributed by atoms with Gasteiger partial charge in [-0.3, -0.25) is 0 Å². The molecule has 0 spiro atoms. The highest BCUT2D eigenvalue weighted by molar-refractivity contribution is 4.64. The third-order valence-electron chi connectivity index (χ3n) is 3.88. The number of rotatable bonds is 2. The van der Waals surface area contributed by atoms with Crippen LogP contribution < -0.4 is 0 Å². The second kappa shape index (κ2) is 10.5. The van der Waals surface area contributed by atoms with E-state index in [1.807, 2.05) is 0 Å². The van der Waals surface area contributed by atoms with Gasteiger partial charge in [-0.1, -0.05) is 82.2 Å². The first kappa shape index (κ1) is 14.4. The predicted octanol–water partition coefficient (Wildman–Crippen LogP) is 5.61. The van der Waals surface area contributed by atoms with Crippen molar-refractivity contribution >= 4 is 0 Å². The van der Waals surface area contributed by atoms with Crippen LogP contribution in [0.15, 0.2) is 5.11 Å². The van der Waals surface area contributed by atoms with Crippen molar-refractivity contribution in [1.82, 2.24) is 0 Å². The molecule has 1 saturated carbocycles. The highest BCUT2D eigenvalue weighted by atomic mass is 15.1. The zero-order valence-electron chi connectivity index (χ0n) is 11.1. The molecule has 0 aromatic rings. The molecule has 0 atom stereocenters. The minimum atomic E-state index is 0.645. The zero-order chi connectivity index (χ0) is 12.2. The van der Waals surface area contributed by atoms with Gasteiger partial charge in [0.25, 0.3) is 0 Å². The highest BCUT2D eigenvalue weighted by Gasteiger charge is 2.08. The number of hydrogen-bond donors (Lipinski definition) is 0. The van der Waals surface area contributed by atoms with Gasteiger partial charge >= 0.3 is 0 Å². The molecule has 1 rings (SSSR count). The van der Waals surface area contributed by atoms with Gasteiger partial charge in [-0.2, -0.15) is 0 Å². The van der Waals surface area contributed by atoms with Crippen LogP contribution in [0.4, 0.5) is 0 Å². The predicted molar refractivity (Wildman–Crippen MR) is 72.9 cm³/mol. The summed E-state index contributed by atoms with van der Waals surface area (Å²) in [5.74, 6) is 0.645. The van der Waals surface area contributed by atoms with Crippen molar-refractivity contribution in [3.63, 3.8) is 0 Å². The van der Waals surface area contributed by atoms with Crippen molar-refractivity contribution in [2.45, 2.75) is 77.0 Å². The standard InChI is InChI=1S/C14H27N3/c15-17-16-13-14-11-9-7-5-3-1-2-4-6-8-10-12-14/h14H,1-13H2. The van der Waals surface area contributed by atoms with Gasteiger partial charge in [-0.05, 0) is 11.4 Å². The van der Waals surface area contributed by atoms with Crippen molar-refractivity contribution in [2.75, 3.05) is 6.54 Å². The molecule has 17 heavy (non-hydrogen) atoms. The van der Waals surface area contributed by atoms with Crippen LogP contribution in [0, 0.1) is 5.92 Å². The van der Waals surface area contributed by atoms with Crippen LogP contribution in [0.2, 0.25) is 0 Å². The summed E-state index contributed by atoms with van der Waals surface area (Å²) >= 11 is 0. The molecule has 0 N–H and O–H groups in total. The van der Waals surface area contributed by atoms with Crippen molar-refractivity contribution in [1.29, 1.82) is 0 Å². The fourth-order valence-electron chi connectivity index (χ4n) is 2.76. The Morgan fingerprint density at radius 2 is 1.18 bits per heavy atom. The molecule has 0 aromatic carbocycles. The lowest BCUT2D eigenvalue weighted by atomic mass is 9.95. The van der Waals surface area contributed by atoms with E-state index in [9.17, 15) is 0 Å². The first-order valence-electron chi connectivity index (χ1n) is 7.44. The van der Waals surface area contributed by atoms with Gasteiger partial charge in [0.15, 0.2) is 0 Å². The third-order valence-corrected chi connectivity index (χ3v) is 3.88. The Bertz CT molecular complexity index is 208. The van der Waals surface area contributed by atoms with E-state index in [-0.39, 0.29) is 0 Å². The molecule has 0 aliphatic heterocycles. The topological polar surface area (TPSA) is 48.8 Å². The number of nitrogens with zero attached hydrogens (tertiary/aromatic N) is 3. The summed E-state index contributed by atoms with van der Waals surface area (Å²) in [6.07, 6.45) is 16.4. The second-order valence-electron chi connectivity index (χ2n) is 5.39. The summed E-state index contributed by atoms with van der Waals surface area (Å²) in [6, 6.07) is 0. The molecule has 0 radical (unpaired) electrons.